The summed E-state index contributed by atoms with van der Waals surface area (Å²) in [4.78, 5) is 11.3. The van der Waals surface area contributed by atoms with Crippen LogP contribution < -0.4 is 14.8 Å². The van der Waals surface area contributed by atoms with Gasteiger partial charge >= 0.3 is 6.18 Å². The molecular weight excluding hydrogens is 251 g/mol. The lowest BCUT2D eigenvalue weighted by molar-refractivity contribution is -0.138. The molecule has 98 valence electrons. The molecule has 2 rings (SSSR count). The molecule has 0 aromatic heterocycles. The van der Waals surface area contributed by atoms with Gasteiger partial charge in [0.15, 0.2) is 11.5 Å². The summed E-state index contributed by atoms with van der Waals surface area (Å²) in [5.41, 5.74) is 0.568. The fraction of sp³-hybridized carbons (Fsp3) is 0.364. The van der Waals surface area contributed by atoms with Crippen molar-refractivity contribution in [2.24, 2.45) is 0 Å². The van der Waals surface area contributed by atoms with Crippen molar-refractivity contribution >= 4 is 5.91 Å². The van der Waals surface area contributed by atoms with Crippen molar-refractivity contribution in [3.63, 3.8) is 0 Å². The van der Waals surface area contributed by atoms with E-state index < -0.39 is 18.6 Å². The van der Waals surface area contributed by atoms with Crippen molar-refractivity contribution in [2.45, 2.75) is 12.6 Å². The van der Waals surface area contributed by atoms with Crippen LogP contribution in [0.25, 0.3) is 0 Å². The molecule has 0 bridgehead atoms. The Hall–Kier alpha value is -1.92. The molecule has 1 aliphatic heterocycles. The Labute approximate surface area is 101 Å². The lowest BCUT2D eigenvalue weighted by Crippen LogP contribution is -2.34. The van der Waals surface area contributed by atoms with Crippen LogP contribution in [0.2, 0.25) is 0 Å². The monoisotopic (exact) mass is 261 g/mol. The maximum atomic E-state index is 11.9. The molecule has 4 nitrogen and oxygen atoms in total. The lowest BCUT2D eigenvalue weighted by atomic mass is 10.1. The highest BCUT2D eigenvalue weighted by molar-refractivity contribution is 5.78. The summed E-state index contributed by atoms with van der Waals surface area (Å²) in [6.45, 7) is -1.21. The summed E-state index contributed by atoms with van der Waals surface area (Å²) in [5, 5.41) is 1.80. The average Bonchev–Trinajstić information content (AvgIpc) is 2.72. The molecule has 0 saturated heterocycles. The molecule has 1 amide bonds. The Morgan fingerprint density at radius 3 is 2.72 bits per heavy atom. The van der Waals surface area contributed by atoms with Gasteiger partial charge < -0.3 is 14.8 Å². The zero-order valence-electron chi connectivity index (χ0n) is 9.21. The Morgan fingerprint density at radius 2 is 2.00 bits per heavy atom. The summed E-state index contributed by atoms with van der Waals surface area (Å²) >= 11 is 0. The van der Waals surface area contributed by atoms with E-state index in [0.717, 1.165) is 0 Å². The van der Waals surface area contributed by atoms with Crippen LogP contribution in [-0.2, 0) is 11.2 Å². The van der Waals surface area contributed by atoms with Crippen molar-refractivity contribution in [1.82, 2.24) is 5.32 Å². The Balaban J connectivity index is 1.91. The molecule has 1 aromatic rings. The molecule has 18 heavy (non-hydrogen) atoms. The summed E-state index contributed by atoms with van der Waals surface area (Å²) in [7, 11) is 0. The second-order valence-corrected chi connectivity index (χ2v) is 3.76. The molecule has 0 saturated carbocycles. The minimum Gasteiger partial charge on any atom is -0.454 e. The number of fused-ring (bicyclic) bond motifs is 1. The molecule has 1 heterocycles. The predicted molar refractivity (Wildman–Crippen MR) is 55.3 cm³/mol. The molecule has 1 aliphatic rings. The van der Waals surface area contributed by atoms with E-state index in [4.69, 9.17) is 9.47 Å². The van der Waals surface area contributed by atoms with Crippen LogP contribution in [-0.4, -0.2) is 25.4 Å². The summed E-state index contributed by atoms with van der Waals surface area (Å²) in [6, 6.07) is 4.81. The number of halogens is 3. The Kier molecular flexibility index (Phi) is 3.31. The largest absolute Gasteiger partial charge is 0.454 e. The highest BCUT2D eigenvalue weighted by Gasteiger charge is 2.27. The quantitative estimate of drug-likeness (QED) is 0.899. The molecule has 0 atom stereocenters. The van der Waals surface area contributed by atoms with E-state index in [-0.39, 0.29) is 13.2 Å². The third-order valence-electron chi connectivity index (χ3n) is 2.29. The fourth-order valence-electron chi connectivity index (χ4n) is 1.50. The van der Waals surface area contributed by atoms with Gasteiger partial charge in [0.1, 0.15) is 6.54 Å². The van der Waals surface area contributed by atoms with Crippen molar-refractivity contribution in [3.05, 3.63) is 23.8 Å². The van der Waals surface area contributed by atoms with Gasteiger partial charge in [-0.25, -0.2) is 0 Å². The van der Waals surface area contributed by atoms with Crippen LogP contribution in [0.5, 0.6) is 11.5 Å². The first-order valence-corrected chi connectivity index (χ1v) is 5.16. The third-order valence-corrected chi connectivity index (χ3v) is 2.29. The number of hydrogen-bond donors (Lipinski definition) is 1. The van der Waals surface area contributed by atoms with Gasteiger partial charge in [-0.2, -0.15) is 13.2 Å². The SMILES string of the molecule is O=C(Cc1ccc2c(c1)OCO2)NCC(F)(F)F. The van der Waals surface area contributed by atoms with E-state index in [1.165, 1.54) is 0 Å². The van der Waals surface area contributed by atoms with E-state index in [0.29, 0.717) is 17.1 Å². The number of nitrogens with one attached hydrogen (secondary N) is 1. The molecule has 7 heteroatoms. The normalized spacial score (nSPS) is 13.5. The molecule has 0 spiro atoms. The Morgan fingerprint density at radius 1 is 1.28 bits per heavy atom. The molecule has 1 aromatic carbocycles. The van der Waals surface area contributed by atoms with Gasteiger partial charge in [-0.05, 0) is 17.7 Å². The smallest absolute Gasteiger partial charge is 0.405 e. The van der Waals surface area contributed by atoms with Gasteiger partial charge in [-0.1, -0.05) is 6.07 Å². The number of rotatable bonds is 3. The summed E-state index contributed by atoms with van der Waals surface area (Å²) in [6.07, 6.45) is -4.53. The van der Waals surface area contributed by atoms with Gasteiger partial charge in [-0.15, -0.1) is 0 Å². The molecular formula is C11H10F3NO3. The molecule has 0 fully saturated rings. The number of hydrogen-bond acceptors (Lipinski definition) is 3. The van der Waals surface area contributed by atoms with E-state index >= 15 is 0 Å². The minimum atomic E-state index is -4.40. The first-order chi connectivity index (χ1) is 8.44. The van der Waals surface area contributed by atoms with Crippen LogP contribution in [0.4, 0.5) is 13.2 Å². The number of benzene rings is 1. The number of amides is 1. The van der Waals surface area contributed by atoms with Crippen molar-refractivity contribution < 1.29 is 27.4 Å². The maximum Gasteiger partial charge on any atom is 0.405 e. The third kappa shape index (κ3) is 3.28. The topological polar surface area (TPSA) is 47.6 Å². The number of ether oxygens (including phenoxy) is 2. The molecule has 0 unspecified atom stereocenters. The molecule has 0 radical (unpaired) electrons. The van der Waals surface area contributed by atoms with Crippen LogP contribution in [0.15, 0.2) is 18.2 Å². The Bertz CT molecular complexity index is 459. The first-order valence-electron chi connectivity index (χ1n) is 5.16. The highest BCUT2D eigenvalue weighted by Crippen LogP contribution is 2.32. The zero-order valence-corrected chi connectivity index (χ0v) is 9.21. The zero-order chi connectivity index (χ0) is 13.2. The van der Waals surface area contributed by atoms with E-state index in [1.54, 1.807) is 23.5 Å². The predicted octanol–water partition coefficient (Wildman–Crippen LogP) is 1.64. The maximum absolute atomic E-state index is 11.9. The van der Waals surface area contributed by atoms with Crippen LogP contribution in [0, 0.1) is 0 Å². The van der Waals surface area contributed by atoms with E-state index in [1.807, 2.05) is 0 Å². The van der Waals surface area contributed by atoms with Gasteiger partial charge in [0.2, 0.25) is 12.7 Å². The van der Waals surface area contributed by atoms with Gasteiger partial charge in [0, 0.05) is 0 Å². The van der Waals surface area contributed by atoms with Crippen LogP contribution in [0.1, 0.15) is 5.56 Å². The lowest BCUT2D eigenvalue weighted by Gasteiger charge is -2.08. The van der Waals surface area contributed by atoms with Crippen molar-refractivity contribution in [2.75, 3.05) is 13.3 Å². The summed E-state index contributed by atoms with van der Waals surface area (Å²) in [5.74, 6) is 0.372. The second-order valence-electron chi connectivity index (χ2n) is 3.76. The number of carbonyl (C=O) groups is 1. The van der Waals surface area contributed by atoms with Crippen molar-refractivity contribution in [1.29, 1.82) is 0 Å². The fourth-order valence-corrected chi connectivity index (χ4v) is 1.50. The minimum absolute atomic E-state index is 0.110. The highest BCUT2D eigenvalue weighted by atomic mass is 19.4. The van der Waals surface area contributed by atoms with Gasteiger partial charge in [-0.3, -0.25) is 4.79 Å². The van der Waals surface area contributed by atoms with E-state index in [9.17, 15) is 18.0 Å². The molecule has 1 N–H and O–H groups in total. The standard InChI is InChI=1S/C11H10F3NO3/c12-11(13,14)5-15-10(16)4-7-1-2-8-9(3-7)18-6-17-8/h1-3H,4-6H2,(H,15,16). The average molecular weight is 261 g/mol. The molecule has 0 aliphatic carbocycles. The van der Waals surface area contributed by atoms with Crippen LogP contribution >= 0.6 is 0 Å². The second kappa shape index (κ2) is 4.75. The number of carbonyl (C=O) groups excluding carboxylic acids is 1. The van der Waals surface area contributed by atoms with Crippen molar-refractivity contribution in [3.8, 4) is 11.5 Å². The van der Waals surface area contributed by atoms with Gasteiger partial charge in [0.25, 0.3) is 0 Å². The number of alkyl halides is 3. The summed E-state index contributed by atoms with van der Waals surface area (Å²) < 4.78 is 45.8. The first kappa shape index (κ1) is 12.5. The van der Waals surface area contributed by atoms with Gasteiger partial charge in [0.05, 0.1) is 6.42 Å². The van der Waals surface area contributed by atoms with E-state index in [2.05, 4.69) is 0 Å². The van der Waals surface area contributed by atoms with Crippen LogP contribution in [0.3, 0.4) is 0 Å².